The van der Waals surface area contributed by atoms with Gasteiger partial charge < -0.3 is 5.32 Å². The van der Waals surface area contributed by atoms with Crippen molar-refractivity contribution in [3.8, 4) is 0 Å². The zero-order valence-electron chi connectivity index (χ0n) is 10.5. The minimum absolute atomic E-state index is 0. The van der Waals surface area contributed by atoms with Gasteiger partial charge in [-0.2, -0.15) is 0 Å². The van der Waals surface area contributed by atoms with Crippen molar-refractivity contribution in [2.45, 2.75) is 37.6 Å². The number of nitrogens with zero attached hydrogens (tertiary/aromatic N) is 1. The minimum Gasteiger partial charge on any atom is -0.310 e. The van der Waals surface area contributed by atoms with Gasteiger partial charge >= 0.3 is 0 Å². The van der Waals surface area contributed by atoms with E-state index in [1.165, 1.54) is 6.42 Å². The lowest BCUT2D eigenvalue weighted by molar-refractivity contribution is -0.386. The number of benzene rings is 1. The Morgan fingerprint density at radius 3 is 2.39 bits per heavy atom. The molecule has 0 heterocycles. The highest BCUT2D eigenvalue weighted by atomic mass is 35.5. The van der Waals surface area contributed by atoms with Crippen molar-refractivity contribution in [1.29, 1.82) is 0 Å². The molecule has 1 aliphatic carbocycles. The van der Waals surface area contributed by atoms with E-state index in [1.54, 1.807) is 12.1 Å². The van der Waals surface area contributed by atoms with E-state index in [1.807, 2.05) is 19.2 Å². The number of nitro benzene ring substituents is 1. The van der Waals surface area contributed by atoms with Gasteiger partial charge in [-0.05, 0) is 19.9 Å². The van der Waals surface area contributed by atoms with Gasteiger partial charge in [-0.1, -0.05) is 37.5 Å². The Morgan fingerprint density at radius 1 is 1.22 bits per heavy atom. The summed E-state index contributed by atoms with van der Waals surface area (Å²) >= 11 is 0. The summed E-state index contributed by atoms with van der Waals surface area (Å²) in [5.74, 6) is 0. The van der Waals surface area contributed by atoms with Gasteiger partial charge in [-0.25, -0.2) is 0 Å². The summed E-state index contributed by atoms with van der Waals surface area (Å²) in [5.41, 5.74) is 0.873. The lowest BCUT2D eigenvalue weighted by Gasteiger charge is -2.37. The van der Waals surface area contributed by atoms with Crippen molar-refractivity contribution in [3.63, 3.8) is 0 Å². The summed E-state index contributed by atoms with van der Waals surface area (Å²) < 4.78 is 0. The highest BCUT2D eigenvalue weighted by Gasteiger charge is 2.36. The van der Waals surface area contributed by atoms with Crippen molar-refractivity contribution in [1.82, 2.24) is 5.32 Å². The predicted molar refractivity (Wildman–Crippen MR) is 74.2 cm³/mol. The molecule has 1 aromatic rings. The fourth-order valence-electron chi connectivity index (χ4n) is 2.85. The van der Waals surface area contributed by atoms with Crippen LogP contribution in [0.4, 0.5) is 5.69 Å². The van der Waals surface area contributed by atoms with Crippen molar-refractivity contribution in [3.05, 3.63) is 39.9 Å². The maximum Gasteiger partial charge on any atom is 0.274 e. The smallest absolute Gasteiger partial charge is 0.274 e. The van der Waals surface area contributed by atoms with Crippen LogP contribution in [0.5, 0.6) is 0 Å². The second-order valence-electron chi connectivity index (χ2n) is 4.67. The number of nitrogens with one attached hydrogen (secondary N) is 1. The summed E-state index contributed by atoms with van der Waals surface area (Å²) in [7, 11) is 1.90. The average molecular weight is 271 g/mol. The molecule has 100 valence electrons. The first-order valence-electron chi connectivity index (χ1n) is 6.12. The molecule has 0 spiro atoms. The van der Waals surface area contributed by atoms with E-state index >= 15 is 0 Å². The Labute approximate surface area is 113 Å². The van der Waals surface area contributed by atoms with Gasteiger partial charge in [0.05, 0.1) is 10.5 Å². The molecule has 1 N–H and O–H groups in total. The normalized spacial score (nSPS) is 17.8. The van der Waals surface area contributed by atoms with Crippen LogP contribution >= 0.6 is 12.4 Å². The molecular formula is C13H19ClN2O2. The summed E-state index contributed by atoms with van der Waals surface area (Å²) in [5, 5.41) is 14.4. The van der Waals surface area contributed by atoms with Crippen LogP contribution in [0.1, 0.15) is 37.7 Å². The predicted octanol–water partition coefficient (Wildman–Crippen LogP) is 3.40. The molecule has 0 amide bonds. The SMILES string of the molecule is CNC1(c2ccccc2[N+](=O)[O-])CCCCC1.Cl. The van der Waals surface area contributed by atoms with Crippen LogP contribution in [0, 0.1) is 10.1 Å². The summed E-state index contributed by atoms with van der Waals surface area (Å²) in [6, 6.07) is 7.10. The minimum atomic E-state index is -0.275. The fourth-order valence-corrected chi connectivity index (χ4v) is 2.85. The van der Waals surface area contributed by atoms with E-state index in [-0.39, 0.29) is 28.6 Å². The zero-order chi connectivity index (χ0) is 12.3. The molecule has 1 saturated carbocycles. The first-order chi connectivity index (χ1) is 8.19. The topological polar surface area (TPSA) is 55.2 Å². The number of para-hydroxylation sites is 1. The molecule has 1 aliphatic rings. The average Bonchev–Trinajstić information content (AvgIpc) is 2.39. The van der Waals surface area contributed by atoms with E-state index in [4.69, 9.17) is 0 Å². The van der Waals surface area contributed by atoms with Crippen molar-refractivity contribution in [2.24, 2.45) is 0 Å². The number of hydrogen-bond donors (Lipinski definition) is 1. The largest absolute Gasteiger partial charge is 0.310 e. The lowest BCUT2D eigenvalue weighted by Crippen LogP contribution is -2.42. The van der Waals surface area contributed by atoms with Crippen LogP contribution < -0.4 is 5.32 Å². The third kappa shape index (κ3) is 2.65. The first kappa shape index (κ1) is 14.9. The Balaban J connectivity index is 0.00000162. The lowest BCUT2D eigenvalue weighted by atomic mass is 9.76. The fraction of sp³-hybridized carbons (Fsp3) is 0.538. The number of halogens is 1. The summed E-state index contributed by atoms with van der Waals surface area (Å²) in [4.78, 5) is 10.8. The van der Waals surface area contributed by atoms with E-state index in [0.717, 1.165) is 31.2 Å². The van der Waals surface area contributed by atoms with Gasteiger partial charge in [-0.3, -0.25) is 10.1 Å². The summed E-state index contributed by atoms with van der Waals surface area (Å²) in [6.45, 7) is 0. The molecule has 0 unspecified atom stereocenters. The molecule has 0 bridgehead atoms. The molecular weight excluding hydrogens is 252 g/mol. The molecule has 5 heteroatoms. The van der Waals surface area contributed by atoms with Crippen LogP contribution in [0.25, 0.3) is 0 Å². The Bertz CT molecular complexity index is 417. The Hall–Kier alpha value is -1.13. The second-order valence-corrected chi connectivity index (χ2v) is 4.67. The van der Waals surface area contributed by atoms with Crippen LogP contribution in [-0.2, 0) is 5.54 Å². The molecule has 0 saturated heterocycles. The van der Waals surface area contributed by atoms with E-state index in [2.05, 4.69) is 5.32 Å². The molecule has 2 rings (SSSR count). The Kier molecular flexibility index (Phi) is 5.11. The molecule has 1 fully saturated rings. The molecule has 1 aromatic carbocycles. The first-order valence-corrected chi connectivity index (χ1v) is 6.12. The molecule has 0 atom stereocenters. The van der Waals surface area contributed by atoms with Crippen molar-refractivity contribution < 1.29 is 4.92 Å². The maximum absolute atomic E-state index is 11.1. The van der Waals surface area contributed by atoms with Crippen LogP contribution in [0.15, 0.2) is 24.3 Å². The maximum atomic E-state index is 11.1. The molecule has 0 radical (unpaired) electrons. The van der Waals surface area contributed by atoms with Crippen molar-refractivity contribution >= 4 is 18.1 Å². The Morgan fingerprint density at radius 2 is 1.83 bits per heavy atom. The zero-order valence-corrected chi connectivity index (χ0v) is 11.3. The molecule has 4 nitrogen and oxygen atoms in total. The van der Waals surface area contributed by atoms with Gasteiger partial charge in [0.2, 0.25) is 0 Å². The van der Waals surface area contributed by atoms with Crippen LogP contribution in [-0.4, -0.2) is 12.0 Å². The number of nitro groups is 1. The van der Waals surface area contributed by atoms with Crippen molar-refractivity contribution in [2.75, 3.05) is 7.05 Å². The second kappa shape index (κ2) is 6.16. The van der Waals surface area contributed by atoms with E-state index in [0.29, 0.717) is 0 Å². The quantitative estimate of drug-likeness (QED) is 0.677. The summed E-state index contributed by atoms with van der Waals surface area (Å²) in [6.07, 6.45) is 5.45. The van der Waals surface area contributed by atoms with Crippen LogP contribution in [0.3, 0.4) is 0 Å². The van der Waals surface area contributed by atoms with Gasteiger partial charge in [0, 0.05) is 11.6 Å². The molecule has 0 aromatic heterocycles. The highest BCUT2D eigenvalue weighted by molar-refractivity contribution is 5.85. The standard InChI is InChI=1S/C13H18N2O2.ClH/c1-14-13(9-5-2-6-10-13)11-7-3-4-8-12(11)15(16)17;/h3-4,7-8,14H,2,5-6,9-10H2,1H3;1H. The molecule has 18 heavy (non-hydrogen) atoms. The monoisotopic (exact) mass is 270 g/mol. The van der Waals surface area contributed by atoms with Crippen LogP contribution in [0.2, 0.25) is 0 Å². The third-order valence-corrected chi connectivity index (χ3v) is 3.80. The number of rotatable bonds is 3. The molecule has 0 aliphatic heterocycles. The highest BCUT2D eigenvalue weighted by Crippen LogP contribution is 2.40. The van der Waals surface area contributed by atoms with Gasteiger partial charge in [0.1, 0.15) is 0 Å². The number of hydrogen-bond acceptors (Lipinski definition) is 3. The van der Waals surface area contributed by atoms with Gasteiger partial charge in [-0.15, -0.1) is 12.4 Å². The van der Waals surface area contributed by atoms with Gasteiger partial charge in [0.25, 0.3) is 5.69 Å². The van der Waals surface area contributed by atoms with E-state index < -0.39 is 0 Å². The van der Waals surface area contributed by atoms with Gasteiger partial charge in [0.15, 0.2) is 0 Å². The van der Waals surface area contributed by atoms with E-state index in [9.17, 15) is 10.1 Å². The third-order valence-electron chi connectivity index (χ3n) is 3.80.